The summed E-state index contributed by atoms with van der Waals surface area (Å²) in [5, 5.41) is 4.63. The molecule has 1 aliphatic rings. The molecule has 1 aromatic carbocycles. The molecule has 0 radical (unpaired) electrons. The molecular formula is C11H11N5O2S. The molecule has 0 fully saturated rings. The van der Waals surface area contributed by atoms with E-state index in [2.05, 4.69) is 15.0 Å². The fourth-order valence-electron chi connectivity index (χ4n) is 1.90. The van der Waals surface area contributed by atoms with Crippen molar-refractivity contribution >= 4 is 28.1 Å². The topological polar surface area (TPSA) is 93.4 Å². The molecule has 7 nitrogen and oxygen atoms in total. The second-order valence-electron chi connectivity index (χ2n) is 3.93. The van der Waals surface area contributed by atoms with Gasteiger partial charge in [0.1, 0.15) is 16.4 Å². The van der Waals surface area contributed by atoms with Crippen molar-refractivity contribution in [2.24, 2.45) is 5.84 Å². The number of carbonyl (C=O) groups is 1. The van der Waals surface area contributed by atoms with Gasteiger partial charge in [-0.2, -0.15) is 0 Å². The van der Waals surface area contributed by atoms with Crippen LogP contribution in [0.15, 0.2) is 24.3 Å². The maximum atomic E-state index is 12.0. The molecule has 0 saturated heterocycles. The number of ether oxygens (including phenoxy) is 1. The van der Waals surface area contributed by atoms with Gasteiger partial charge in [0.25, 0.3) is 5.91 Å². The highest BCUT2D eigenvalue weighted by atomic mass is 32.1. The molecule has 1 amide bonds. The van der Waals surface area contributed by atoms with Crippen LogP contribution in [0.25, 0.3) is 0 Å². The highest BCUT2D eigenvalue weighted by molar-refractivity contribution is 7.10. The van der Waals surface area contributed by atoms with Gasteiger partial charge in [0.15, 0.2) is 6.61 Å². The van der Waals surface area contributed by atoms with E-state index in [0.29, 0.717) is 23.0 Å². The van der Waals surface area contributed by atoms with Crippen LogP contribution in [0.4, 0.5) is 10.7 Å². The lowest BCUT2D eigenvalue weighted by atomic mass is 10.2. The average molecular weight is 277 g/mol. The summed E-state index contributed by atoms with van der Waals surface area (Å²) in [5.74, 6) is 5.95. The number of nitrogens with one attached hydrogen (secondary N) is 1. The molecule has 19 heavy (non-hydrogen) atoms. The molecule has 1 aliphatic heterocycles. The number of benzene rings is 1. The summed E-state index contributed by atoms with van der Waals surface area (Å²) < 4.78 is 9.20. The minimum Gasteiger partial charge on any atom is -0.482 e. The molecule has 0 spiro atoms. The Morgan fingerprint density at radius 2 is 2.32 bits per heavy atom. The first-order valence-corrected chi connectivity index (χ1v) is 6.37. The van der Waals surface area contributed by atoms with E-state index < -0.39 is 0 Å². The van der Waals surface area contributed by atoms with Gasteiger partial charge in [-0.25, -0.2) is 5.84 Å². The zero-order valence-corrected chi connectivity index (χ0v) is 10.7. The van der Waals surface area contributed by atoms with Gasteiger partial charge in [0, 0.05) is 11.5 Å². The second-order valence-corrected chi connectivity index (χ2v) is 4.68. The summed E-state index contributed by atoms with van der Waals surface area (Å²) in [4.78, 5) is 13.6. The zero-order chi connectivity index (χ0) is 13.2. The van der Waals surface area contributed by atoms with Crippen molar-refractivity contribution in [1.82, 2.24) is 9.59 Å². The third-order valence-corrected chi connectivity index (χ3v) is 3.50. The standard InChI is InChI=1S/C11H11N5O2S/c12-13-11-7(14-15-19-11)5-16-8-3-1-2-4-9(8)18-6-10(16)17/h1-4,13H,5-6,12H2. The Morgan fingerprint density at radius 1 is 1.47 bits per heavy atom. The Hall–Kier alpha value is -2.19. The van der Waals surface area contributed by atoms with Crippen molar-refractivity contribution < 1.29 is 9.53 Å². The number of nitrogens with two attached hydrogens (primary N) is 1. The van der Waals surface area contributed by atoms with E-state index in [4.69, 9.17) is 10.6 Å². The third kappa shape index (κ3) is 2.11. The first-order valence-electron chi connectivity index (χ1n) is 5.59. The molecule has 8 heteroatoms. The van der Waals surface area contributed by atoms with Crippen molar-refractivity contribution in [3.63, 3.8) is 0 Å². The second kappa shape index (κ2) is 4.82. The SMILES string of the molecule is NNc1snnc1CN1C(=O)COc2ccccc21. The van der Waals surface area contributed by atoms with Crippen molar-refractivity contribution in [3.05, 3.63) is 30.0 Å². The number of aromatic nitrogens is 2. The molecule has 0 atom stereocenters. The van der Waals surface area contributed by atoms with Gasteiger partial charge < -0.3 is 10.2 Å². The fraction of sp³-hybridized carbons (Fsp3) is 0.182. The van der Waals surface area contributed by atoms with Gasteiger partial charge in [-0.1, -0.05) is 16.6 Å². The zero-order valence-electron chi connectivity index (χ0n) is 9.87. The number of hydrogen-bond acceptors (Lipinski definition) is 7. The molecular weight excluding hydrogens is 266 g/mol. The third-order valence-electron chi connectivity index (χ3n) is 2.80. The van der Waals surface area contributed by atoms with Crippen LogP contribution in [-0.4, -0.2) is 22.1 Å². The van der Waals surface area contributed by atoms with Gasteiger partial charge in [-0.15, -0.1) is 5.10 Å². The molecule has 0 aliphatic carbocycles. The van der Waals surface area contributed by atoms with Crippen molar-refractivity contribution in [3.8, 4) is 5.75 Å². The molecule has 1 aromatic heterocycles. The van der Waals surface area contributed by atoms with E-state index in [1.165, 1.54) is 0 Å². The quantitative estimate of drug-likeness (QED) is 0.635. The van der Waals surface area contributed by atoms with Crippen LogP contribution in [0, 0.1) is 0 Å². The van der Waals surface area contributed by atoms with Crippen LogP contribution in [0.5, 0.6) is 5.75 Å². The van der Waals surface area contributed by atoms with E-state index in [0.717, 1.165) is 17.2 Å². The summed E-state index contributed by atoms with van der Waals surface area (Å²) in [6.07, 6.45) is 0. The summed E-state index contributed by atoms with van der Waals surface area (Å²) in [5.41, 5.74) is 3.90. The smallest absolute Gasteiger partial charge is 0.265 e. The van der Waals surface area contributed by atoms with Crippen LogP contribution in [-0.2, 0) is 11.3 Å². The summed E-state index contributed by atoms with van der Waals surface area (Å²) in [6, 6.07) is 7.39. The molecule has 0 bridgehead atoms. The minimum absolute atomic E-state index is 0.0277. The molecule has 3 N–H and O–H groups in total. The van der Waals surface area contributed by atoms with Crippen LogP contribution >= 0.6 is 11.5 Å². The van der Waals surface area contributed by atoms with Crippen LogP contribution < -0.4 is 20.9 Å². The summed E-state index contributed by atoms with van der Waals surface area (Å²) in [6.45, 7) is 0.342. The van der Waals surface area contributed by atoms with Crippen LogP contribution in [0.3, 0.4) is 0 Å². The molecule has 98 valence electrons. The number of hydrogen-bond donors (Lipinski definition) is 2. The number of anilines is 2. The number of hydrazine groups is 1. The fourth-order valence-corrected chi connectivity index (χ4v) is 2.38. The van der Waals surface area contributed by atoms with E-state index in [1.807, 2.05) is 24.3 Å². The number of rotatable bonds is 3. The van der Waals surface area contributed by atoms with E-state index in [-0.39, 0.29) is 12.5 Å². The number of carbonyl (C=O) groups excluding carboxylic acids is 1. The Morgan fingerprint density at radius 3 is 3.16 bits per heavy atom. The van der Waals surface area contributed by atoms with Gasteiger partial charge in [-0.05, 0) is 12.1 Å². The minimum atomic E-state index is -0.116. The predicted octanol–water partition coefficient (Wildman–Crippen LogP) is 0.749. The van der Waals surface area contributed by atoms with E-state index in [1.54, 1.807) is 4.90 Å². The molecule has 0 saturated carbocycles. The number of amides is 1. The summed E-state index contributed by atoms with van der Waals surface area (Å²) >= 11 is 1.15. The predicted molar refractivity (Wildman–Crippen MR) is 70.8 cm³/mol. The van der Waals surface area contributed by atoms with Crippen molar-refractivity contribution in [2.75, 3.05) is 16.9 Å². The normalized spacial score (nSPS) is 13.9. The van der Waals surface area contributed by atoms with E-state index >= 15 is 0 Å². The van der Waals surface area contributed by atoms with E-state index in [9.17, 15) is 4.79 Å². The Balaban J connectivity index is 1.94. The Bertz CT molecular complexity index is 615. The van der Waals surface area contributed by atoms with Gasteiger partial charge >= 0.3 is 0 Å². The monoisotopic (exact) mass is 277 g/mol. The van der Waals surface area contributed by atoms with Crippen LogP contribution in [0.2, 0.25) is 0 Å². The summed E-state index contributed by atoms with van der Waals surface area (Å²) in [7, 11) is 0. The maximum absolute atomic E-state index is 12.0. The Labute approximate surface area is 113 Å². The first kappa shape index (κ1) is 11.9. The van der Waals surface area contributed by atoms with Crippen molar-refractivity contribution in [2.45, 2.75) is 6.54 Å². The number of nitrogens with zero attached hydrogens (tertiary/aromatic N) is 3. The number of para-hydroxylation sites is 2. The van der Waals surface area contributed by atoms with Gasteiger partial charge in [0.05, 0.1) is 12.2 Å². The number of nitrogen functional groups attached to an aromatic ring is 1. The highest BCUT2D eigenvalue weighted by Crippen LogP contribution is 2.33. The molecule has 3 rings (SSSR count). The molecule has 2 aromatic rings. The average Bonchev–Trinajstić information content (AvgIpc) is 2.89. The highest BCUT2D eigenvalue weighted by Gasteiger charge is 2.26. The maximum Gasteiger partial charge on any atom is 0.265 e. The first-order chi connectivity index (χ1) is 9.29. The molecule has 2 heterocycles. The van der Waals surface area contributed by atoms with Crippen molar-refractivity contribution in [1.29, 1.82) is 0 Å². The Kier molecular flexibility index (Phi) is 3.02. The molecule has 0 unspecified atom stereocenters. The lowest BCUT2D eigenvalue weighted by Gasteiger charge is -2.28. The number of fused-ring (bicyclic) bond motifs is 1. The lowest BCUT2D eigenvalue weighted by Crippen LogP contribution is -2.38. The van der Waals surface area contributed by atoms with Gasteiger partial charge in [0.2, 0.25) is 0 Å². The van der Waals surface area contributed by atoms with Gasteiger partial charge in [-0.3, -0.25) is 9.69 Å². The van der Waals surface area contributed by atoms with Crippen LogP contribution in [0.1, 0.15) is 5.69 Å². The lowest BCUT2D eigenvalue weighted by molar-refractivity contribution is -0.121. The largest absolute Gasteiger partial charge is 0.482 e.